The topological polar surface area (TPSA) is 37.3 Å². The first kappa shape index (κ1) is 31.6. The summed E-state index contributed by atoms with van der Waals surface area (Å²) < 4.78 is 0. The van der Waals surface area contributed by atoms with E-state index in [1.54, 1.807) is 0 Å². The minimum absolute atomic E-state index is 0.318. The molecule has 0 amide bonds. The van der Waals surface area contributed by atoms with Crippen LogP contribution >= 0.6 is 0 Å². The summed E-state index contributed by atoms with van der Waals surface area (Å²) in [6, 6.07) is 65.2. The lowest BCUT2D eigenvalue weighted by atomic mass is 9.85. The van der Waals surface area contributed by atoms with Crippen molar-refractivity contribution in [2.75, 3.05) is 0 Å². The van der Waals surface area contributed by atoms with Crippen LogP contribution in [0.3, 0.4) is 0 Å². The molecule has 1 aromatic heterocycles. The molecule has 1 N–H and O–H groups in total. The molecule has 0 aliphatic carbocycles. The number of benzene rings is 8. The van der Waals surface area contributed by atoms with Crippen LogP contribution in [0.4, 0.5) is 0 Å². The van der Waals surface area contributed by atoms with E-state index in [1.165, 1.54) is 49.0 Å². The van der Waals surface area contributed by atoms with Crippen LogP contribution in [0.15, 0.2) is 205 Å². The van der Waals surface area contributed by atoms with Crippen LogP contribution in [0.1, 0.15) is 22.9 Å². The fourth-order valence-electron chi connectivity index (χ4n) is 8.08. The molecule has 0 fully saturated rings. The SMILES string of the molecule is C1=C(c2cccc3ccccc23)NC(c2cccc(-c3c4ccccc4c(-c4ccccc4)c4ccccc34)c2)N=C1c1cccc(-c2cccnc2)c1. The fourth-order valence-corrected chi connectivity index (χ4v) is 8.08. The Labute approximate surface area is 314 Å². The maximum Gasteiger partial charge on any atom is 0.145 e. The van der Waals surface area contributed by atoms with Crippen LogP contribution in [0, 0.1) is 0 Å². The Bertz CT molecular complexity index is 2850. The number of fused-ring (bicyclic) bond motifs is 3. The van der Waals surface area contributed by atoms with Crippen LogP contribution in [0.5, 0.6) is 0 Å². The zero-order valence-corrected chi connectivity index (χ0v) is 29.5. The molecule has 1 unspecified atom stereocenters. The molecule has 0 radical (unpaired) electrons. The second-order valence-electron chi connectivity index (χ2n) is 13.8. The van der Waals surface area contributed by atoms with E-state index in [0.717, 1.165) is 44.8 Å². The highest BCUT2D eigenvalue weighted by Crippen LogP contribution is 2.44. The maximum absolute atomic E-state index is 5.44. The third-order valence-electron chi connectivity index (χ3n) is 10.6. The largest absolute Gasteiger partial charge is 0.359 e. The molecule has 1 atom stereocenters. The van der Waals surface area contributed by atoms with Crippen LogP contribution in [-0.4, -0.2) is 10.7 Å². The standard InChI is InChI=1S/C51H35N3/c1-2-15-35(16-3-1)49-43-24-6-8-26-45(43)50(46-27-9-7-25-44(46)49)38-20-11-21-39(31-38)51-53-47(37-19-10-18-36(30-37)40-22-13-29-52-33-40)32-48(54-51)42-28-12-17-34-14-4-5-23-41(34)42/h1-33,51,54H. The van der Waals surface area contributed by atoms with E-state index in [2.05, 4.69) is 192 Å². The molecule has 0 bridgehead atoms. The molecule has 3 heteroatoms. The second-order valence-corrected chi connectivity index (χ2v) is 13.8. The molecule has 1 aliphatic heterocycles. The highest BCUT2D eigenvalue weighted by molar-refractivity contribution is 6.21. The van der Waals surface area contributed by atoms with E-state index in [1.807, 2.05) is 18.5 Å². The van der Waals surface area contributed by atoms with E-state index in [4.69, 9.17) is 4.99 Å². The Hall–Kier alpha value is -7.10. The first-order valence-electron chi connectivity index (χ1n) is 18.4. The van der Waals surface area contributed by atoms with Gasteiger partial charge in [-0.3, -0.25) is 9.98 Å². The Morgan fingerprint density at radius 2 is 1.00 bits per heavy atom. The van der Waals surface area contributed by atoms with Crippen molar-refractivity contribution < 1.29 is 0 Å². The average Bonchev–Trinajstić information content (AvgIpc) is 3.26. The zero-order chi connectivity index (χ0) is 35.8. The number of nitrogens with one attached hydrogen (secondary N) is 1. The lowest BCUT2D eigenvalue weighted by molar-refractivity contribution is 0.665. The summed E-state index contributed by atoms with van der Waals surface area (Å²) in [5.74, 6) is 0. The molecule has 8 aromatic carbocycles. The molecule has 9 aromatic rings. The van der Waals surface area contributed by atoms with Crippen molar-refractivity contribution in [1.29, 1.82) is 0 Å². The second kappa shape index (κ2) is 13.5. The number of rotatable bonds is 6. The van der Waals surface area contributed by atoms with Gasteiger partial charge < -0.3 is 5.32 Å². The van der Waals surface area contributed by atoms with E-state index in [-0.39, 0.29) is 6.17 Å². The Kier molecular flexibility index (Phi) is 7.88. The van der Waals surface area contributed by atoms with Crippen molar-refractivity contribution >= 4 is 43.7 Å². The number of aliphatic imine (C=N–C) groups is 1. The summed E-state index contributed by atoms with van der Waals surface area (Å²) in [4.78, 5) is 9.81. The van der Waals surface area contributed by atoms with Crippen molar-refractivity contribution in [3.8, 4) is 33.4 Å². The predicted molar refractivity (Wildman–Crippen MR) is 226 cm³/mol. The molecular weight excluding hydrogens is 655 g/mol. The van der Waals surface area contributed by atoms with Crippen molar-refractivity contribution in [3.05, 3.63) is 217 Å². The van der Waals surface area contributed by atoms with Gasteiger partial charge in [-0.1, -0.05) is 164 Å². The number of hydrogen-bond acceptors (Lipinski definition) is 3. The van der Waals surface area contributed by atoms with E-state index in [9.17, 15) is 0 Å². The molecule has 54 heavy (non-hydrogen) atoms. The van der Waals surface area contributed by atoms with Crippen molar-refractivity contribution in [1.82, 2.24) is 10.3 Å². The third kappa shape index (κ3) is 5.64. The zero-order valence-electron chi connectivity index (χ0n) is 29.5. The Balaban J connectivity index is 1.14. The third-order valence-corrected chi connectivity index (χ3v) is 10.6. The summed E-state index contributed by atoms with van der Waals surface area (Å²) >= 11 is 0. The van der Waals surface area contributed by atoms with Crippen molar-refractivity contribution in [2.24, 2.45) is 4.99 Å². The van der Waals surface area contributed by atoms with Crippen LogP contribution in [0.2, 0.25) is 0 Å². The first-order valence-corrected chi connectivity index (χ1v) is 18.4. The van der Waals surface area contributed by atoms with E-state index < -0.39 is 0 Å². The summed E-state index contributed by atoms with van der Waals surface area (Å²) in [5.41, 5.74) is 12.4. The molecule has 3 nitrogen and oxygen atoms in total. The van der Waals surface area contributed by atoms with Gasteiger partial charge >= 0.3 is 0 Å². The molecule has 0 saturated heterocycles. The number of allylic oxidation sites excluding steroid dienone is 1. The smallest absolute Gasteiger partial charge is 0.145 e. The van der Waals surface area contributed by atoms with E-state index >= 15 is 0 Å². The number of aromatic nitrogens is 1. The van der Waals surface area contributed by atoms with Crippen LogP contribution in [-0.2, 0) is 0 Å². The van der Waals surface area contributed by atoms with Gasteiger partial charge in [0.2, 0.25) is 0 Å². The average molecular weight is 690 g/mol. The summed E-state index contributed by atoms with van der Waals surface area (Å²) in [6.07, 6.45) is 5.61. The first-order chi connectivity index (χ1) is 26.8. The monoisotopic (exact) mass is 689 g/mol. The Morgan fingerprint density at radius 1 is 0.426 bits per heavy atom. The van der Waals surface area contributed by atoms with Gasteiger partial charge in [0.1, 0.15) is 6.17 Å². The van der Waals surface area contributed by atoms with Gasteiger partial charge in [-0.2, -0.15) is 0 Å². The van der Waals surface area contributed by atoms with Gasteiger partial charge in [0, 0.05) is 34.8 Å². The van der Waals surface area contributed by atoms with E-state index in [0.29, 0.717) is 0 Å². The molecular formula is C51H35N3. The number of nitrogens with zero attached hydrogens (tertiary/aromatic N) is 2. The highest BCUT2D eigenvalue weighted by Gasteiger charge is 2.23. The molecule has 0 spiro atoms. The highest BCUT2D eigenvalue weighted by atomic mass is 15.1. The maximum atomic E-state index is 5.44. The lowest BCUT2D eigenvalue weighted by Crippen LogP contribution is -2.25. The molecule has 0 saturated carbocycles. The minimum Gasteiger partial charge on any atom is -0.359 e. The normalized spacial score (nSPS) is 14.1. The number of pyridine rings is 1. The van der Waals surface area contributed by atoms with Gasteiger partial charge in [0.15, 0.2) is 0 Å². The summed E-state index contributed by atoms with van der Waals surface area (Å²) in [5, 5.41) is 11.2. The quantitative estimate of drug-likeness (QED) is 0.176. The lowest BCUT2D eigenvalue weighted by Gasteiger charge is -2.26. The van der Waals surface area contributed by atoms with Crippen molar-refractivity contribution in [3.63, 3.8) is 0 Å². The van der Waals surface area contributed by atoms with Gasteiger partial charge in [-0.05, 0) is 90.0 Å². The molecule has 10 rings (SSSR count). The molecule has 254 valence electrons. The Morgan fingerprint density at radius 3 is 1.74 bits per heavy atom. The van der Waals surface area contributed by atoms with Gasteiger partial charge in [0.25, 0.3) is 0 Å². The van der Waals surface area contributed by atoms with Gasteiger partial charge in [0.05, 0.1) is 5.71 Å². The van der Waals surface area contributed by atoms with Crippen LogP contribution < -0.4 is 5.32 Å². The summed E-state index contributed by atoms with van der Waals surface area (Å²) in [6.45, 7) is 0. The predicted octanol–water partition coefficient (Wildman–Crippen LogP) is 12.7. The van der Waals surface area contributed by atoms with Gasteiger partial charge in [-0.15, -0.1) is 0 Å². The minimum atomic E-state index is -0.318. The molecule has 1 aliphatic rings. The van der Waals surface area contributed by atoms with Crippen LogP contribution in [0.25, 0.3) is 71.4 Å². The number of hydrogen-bond donors (Lipinski definition) is 1. The summed E-state index contributed by atoms with van der Waals surface area (Å²) in [7, 11) is 0. The fraction of sp³-hybridized carbons (Fsp3) is 0.0196. The van der Waals surface area contributed by atoms with Gasteiger partial charge in [-0.25, -0.2) is 0 Å². The van der Waals surface area contributed by atoms with Crippen molar-refractivity contribution in [2.45, 2.75) is 6.17 Å². The molecule has 2 heterocycles.